The van der Waals surface area contributed by atoms with E-state index in [-0.39, 0.29) is 84.9 Å². The van der Waals surface area contributed by atoms with Crippen LogP contribution in [0, 0.1) is 0 Å². The van der Waals surface area contributed by atoms with Crippen molar-refractivity contribution in [3.05, 3.63) is 52.9 Å². The molecule has 0 aliphatic rings. The fraction of sp³-hybridized carbons (Fsp3) is 0.211. The second-order valence-electron chi connectivity index (χ2n) is 6.18. The number of rotatable bonds is 7. The Hall–Kier alpha value is -1.69. The van der Waals surface area contributed by atoms with E-state index in [4.69, 9.17) is 16.1 Å². The SMILES string of the molecule is CCn1cc(NC(=O)C(F)Cc2noc(-c3ccc(O)cc3)c2Cl)c(C(=O)[O-])c1.[K+]. The van der Waals surface area contributed by atoms with E-state index in [0.717, 1.165) is 0 Å². The smallest absolute Gasteiger partial charge is 0.545 e. The van der Waals surface area contributed by atoms with E-state index in [0.29, 0.717) is 12.1 Å². The molecule has 3 rings (SSSR count). The zero-order valence-electron chi connectivity index (χ0n) is 16.2. The van der Waals surface area contributed by atoms with Crippen LogP contribution < -0.4 is 61.8 Å². The minimum Gasteiger partial charge on any atom is -0.545 e. The number of carbonyl (C=O) groups excluding carboxylic acids is 2. The van der Waals surface area contributed by atoms with E-state index in [2.05, 4.69) is 10.5 Å². The van der Waals surface area contributed by atoms with Crippen molar-refractivity contribution in [1.29, 1.82) is 0 Å². The molecule has 0 saturated heterocycles. The number of carboxylic acid groups (broad SMARTS) is 1. The van der Waals surface area contributed by atoms with Crippen molar-refractivity contribution < 1.29 is 80.1 Å². The number of carboxylic acids is 1. The number of aromatic nitrogens is 2. The molecule has 30 heavy (non-hydrogen) atoms. The van der Waals surface area contributed by atoms with Gasteiger partial charge in [-0.05, 0) is 31.2 Å². The number of phenols is 1. The molecule has 11 heteroatoms. The zero-order chi connectivity index (χ0) is 21.1. The van der Waals surface area contributed by atoms with Gasteiger partial charge in [0, 0.05) is 36.5 Å². The van der Waals surface area contributed by atoms with E-state index < -0.39 is 24.5 Å². The topological polar surface area (TPSA) is 120 Å². The van der Waals surface area contributed by atoms with Gasteiger partial charge in [-0.2, -0.15) is 0 Å². The Labute approximate surface area is 218 Å². The second kappa shape index (κ2) is 10.6. The number of carbonyl (C=O) groups is 2. The molecule has 2 heterocycles. The van der Waals surface area contributed by atoms with Crippen molar-refractivity contribution >= 4 is 29.2 Å². The first-order chi connectivity index (χ1) is 13.8. The summed E-state index contributed by atoms with van der Waals surface area (Å²) in [6.07, 6.45) is 0.143. The minimum atomic E-state index is -2.05. The maximum Gasteiger partial charge on any atom is 1.00 e. The van der Waals surface area contributed by atoms with Crippen LogP contribution in [0.15, 0.2) is 41.2 Å². The third kappa shape index (κ3) is 5.51. The molecule has 1 aromatic carbocycles. The number of aromatic carboxylic acids is 1. The number of alkyl halides is 1. The summed E-state index contributed by atoms with van der Waals surface area (Å²) in [5.74, 6) is -2.31. The third-order valence-corrected chi connectivity index (χ3v) is 4.60. The van der Waals surface area contributed by atoms with Crippen molar-refractivity contribution in [2.45, 2.75) is 26.1 Å². The Morgan fingerprint density at radius 2 is 2.00 bits per heavy atom. The average molecular weight is 460 g/mol. The maximum absolute atomic E-state index is 14.5. The standard InChI is InChI=1S/C19H17ClFN3O5.K/c1-2-24-8-12(19(27)28)15(9-24)22-18(26)13(21)7-14-16(20)17(29-23-14)10-3-5-11(25)6-4-10;/h3-6,8-9,13,25H,2,7H2,1H3,(H,22,26)(H,27,28);/q;+1/p-1. The molecule has 8 nitrogen and oxygen atoms in total. The van der Waals surface area contributed by atoms with Crippen molar-refractivity contribution in [2.24, 2.45) is 0 Å². The Morgan fingerprint density at radius 3 is 2.60 bits per heavy atom. The maximum atomic E-state index is 14.5. The Balaban J connectivity index is 0.00000320. The Morgan fingerprint density at radius 1 is 1.33 bits per heavy atom. The van der Waals surface area contributed by atoms with Crippen molar-refractivity contribution in [2.75, 3.05) is 5.32 Å². The summed E-state index contributed by atoms with van der Waals surface area (Å²) in [7, 11) is 0. The number of amides is 1. The molecule has 0 spiro atoms. The number of phenolic OH excluding ortho intramolecular Hbond substituents is 1. The molecule has 0 bridgehead atoms. The number of hydrogen-bond acceptors (Lipinski definition) is 6. The van der Waals surface area contributed by atoms with Gasteiger partial charge in [-0.3, -0.25) is 4.79 Å². The molecule has 3 aromatic rings. The zero-order valence-corrected chi connectivity index (χ0v) is 20.1. The van der Waals surface area contributed by atoms with E-state index in [1.807, 2.05) is 0 Å². The van der Waals surface area contributed by atoms with Crippen LogP contribution in [0.3, 0.4) is 0 Å². The van der Waals surface area contributed by atoms with Crippen LogP contribution in [-0.4, -0.2) is 32.9 Å². The summed E-state index contributed by atoms with van der Waals surface area (Å²) < 4.78 is 21.1. The van der Waals surface area contributed by atoms with Gasteiger partial charge in [0.25, 0.3) is 5.91 Å². The summed E-state index contributed by atoms with van der Waals surface area (Å²) in [5, 5.41) is 26.5. The fourth-order valence-corrected chi connectivity index (χ4v) is 2.91. The molecule has 0 fully saturated rings. The first-order valence-corrected chi connectivity index (χ1v) is 8.97. The van der Waals surface area contributed by atoms with E-state index in [1.54, 1.807) is 19.1 Å². The van der Waals surface area contributed by atoms with Gasteiger partial charge >= 0.3 is 51.4 Å². The first kappa shape index (κ1) is 24.6. The van der Waals surface area contributed by atoms with E-state index in [9.17, 15) is 24.2 Å². The summed E-state index contributed by atoms with van der Waals surface area (Å²) >= 11 is 6.19. The molecular weight excluding hydrogens is 444 g/mol. The van der Waals surface area contributed by atoms with Gasteiger partial charge in [-0.15, -0.1) is 0 Å². The number of nitrogens with zero attached hydrogens (tertiary/aromatic N) is 2. The Kier molecular flexibility index (Phi) is 8.65. The van der Waals surface area contributed by atoms with Crippen molar-refractivity contribution in [3.63, 3.8) is 0 Å². The van der Waals surface area contributed by atoms with Gasteiger partial charge < -0.3 is 29.4 Å². The van der Waals surface area contributed by atoms with Gasteiger partial charge in [0.2, 0.25) is 0 Å². The molecule has 2 N–H and O–H groups in total. The summed E-state index contributed by atoms with van der Waals surface area (Å²) in [6, 6.07) is 5.95. The predicted molar refractivity (Wildman–Crippen MR) is 100 cm³/mol. The number of benzene rings is 1. The van der Waals surface area contributed by atoms with Crippen LogP contribution in [-0.2, 0) is 17.8 Å². The first-order valence-electron chi connectivity index (χ1n) is 8.59. The quantitative estimate of drug-likeness (QED) is 0.456. The average Bonchev–Trinajstić information content (AvgIpc) is 3.26. The van der Waals surface area contributed by atoms with Crippen molar-refractivity contribution in [1.82, 2.24) is 9.72 Å². The summed E-state index contributed by atoms with van der Waals surface area (Å²) in [4.78, 5) is 23.3. The molecule has 0 saturated carbocycles. The minimum absolute atomic E-state index is 0. The van der Waals surface area contributed by atoms with Gasteiger partial charge in [-0.1, -0.05) is 16.8 Å². The van der Waals surface area contributed by atoms with E-state index >= 15 is 0 Å². The molecule has 0 radical (unpaired) electrons. The van der Waals surface area contributed by atoms with Gasteiger partial charge in [0.05, 0.1) is 11.7 Å². The van der Waals surface area contributed by atoms with Gasteiger partial charge in [0.1, 0.15) is 16.5 Å². The van der Waals surface area contributed by atoms with Crippen LogP contribution in [0.2, 0.25) is 5.02 Å². The largest absolute Gasteiger partial charge is 1.00 e. The predicted octanol–water partition coefficient (Wildman–Crippen LogP) is -0.591. The molecule has 1 amide bonds. The molecule has 1 atom stereocenters. The van der Waals surface area contributed by atoms with Crippen LogP contribution in [0.4, 0.5) is 10.1 Å². The fourth-order valence-electron chi connectivity index (χ4n) is 2.66. The van der Waals surface area contributed by atoms with Gasteiger partial charge in [-0.25, -0.2) is 4.39 Å². The molecule has 2 aromatic heterocycles. The third-order valence-electron chi connectivity index (χ3n) is 4.21. The number of hydrogen-bond donors (Lipinski definition) is 2. The number of aromatic hydroxyl groups is 1. The monoisotopic (exact) mass is 459 g/mol. The number of nitrogens with one attached hydrogen (secondary N) is 1. The van der Waals surface area contributed by atoms with Crippen LogP contribution in [0.1, 0.15) is 23.0 Å². The summed E-state index contributed by atoms with van der Waals surface area (Å²) in [5.41, 5.74) is 0.242. The number of aryl methyl sites for hydroxylation is 1. The number of halogens is 2. The van der Waals surface area contributed by atoms with E-state index in [1.165, 1.54) is 29.1 Å². The number of anilines is 1. The molecule has 0 aliphatic carbocycles. The van der Waals surface area contributed by atoms with Crippen LogP contribution in [0.5, 0.6) is 5.75 Å². The van der Waals surface area contributed by atoms with Crippen LogP contribution >= 0.6 is 11.6 Å². The Bertz CT molecular complexity index is 1050. The normalized spacial score (nSPS) is 11.6. The second-order valence-corrected chi connectivity index (χ2v) is 6.56. The molecular formula is C19H16ClFKN3O5. The molecule has 0 aliphatic heterocycles. The summed E-state index contributed by atoms with van der Waals surface area (Å²) in [6.45, 7) is 2.24. The van der Waals surface area contributed by atoms with Crippen LogP contribution in [0.25, 0.3) is 11.3 Å². The molecule has 1 unspecified atom stereocenters. The van der Waals surface area contributed by atoms with Crippen molar-refractivity contribution in [3.8, 4) is 17.1 Å². The molecule has 152 valence electrons. The van der Waals surface area contributed by atoms with Gasteiger partial charge in [0.15, 0.2) is 11.9 Å².